The number of hydrogen-bond acceptors (Lipinski definition) is 2. The molecule has 100 valence electrons. The topological polar surface area (TPSA) is 52.9 Å². The molecule has 0 aliphatic carbocycles. The first-order valence-corrected chi connectivity index (χ1v) is 6.64. The third-order valence-corrected chi connectivity index (χ3v) is 3.17. The van der Waals surface area contributed by atoms with Crippen molar-refractivity contribution in [2.24, 2.45) is 0 Å². The molecule has 0 heterocycles. The molecule has 6 heteroatoms. The molecule has 2 aromatic rings. The van der Waals surface area contributed by atoms with Crippen LogP contribution in [0.4, 0.5) is 10.1 Å². The quantitative estimate of drug-likeness (QED) is 0.872. The van der Waals surface area contributed by atoms with Gasteiger partial charge >= 0.3 is 0 Å². The maximum atomic E-state index is 13.3. The molecular formula is C14H7BrClFN2O. The van der Waals surface area contributed by atoms with Gasteiger partial charge in [0.15, 0.2) is 0 Å². The van der Waals surface area contributed by atoms with E-state index in [9.17, 15) is 9.18 Å². The Morgan fingerprint density at radius 1 is 1.30 bits per heavy atom. The van der Waals surface area contributed by atoms with E-state index in [4.69, 9.17) is 16.9 Å². The van der Waals surface area contributed by atoms with Crippen LogP contribution in [0.15, 0.2) is 40.9 Å². The van der Waals surface area contributed by atoms with Crippen LogP contribution in [0.1, 0.15) is 15.9 Å². The minimum atomic E-state index is -0.531. The number of nitriles is 1. The van der Waals surface area contributed by atoms with Gasteiger partial charge in [0.05, 0.1) is 11.3 Å². The summed E-state index contributed by atoms with van der Waals surface area (Å²) < 4.78 is 13.7. The van der Waals surface area contributed by atoms with Crippen LogP contribution in [0.2, 0.25) is 5.02 Å². The second-order valence-electron chi connectivity index (χ2n) is 3.91. The molecule has 0 saturated carbocycles. The van der Waals surface area contributed by atoms with E-state index in [-0.39, 0.29) is 16.8 Å². The largest absolute Gasteiger partial charge is 0.321 e. The molecule has 2 rings (SSSR count). The molecule has 0 unspecified atom stereocenters. The van der Waals surface area contributed by atoms with Crippen LogP contribution in [-0.2, 0) is 0 Å². The van der Waals surface area contributed by atoms with Crippen LogP contribution < -0.4 is 5.32 Å². The van der Waals surface area contributed by atoms with Gasteiger partial charge in [-0.1, -0.05) is 27.5 Å². The van der Waals surface area contributed by atoms with Gasteiger partial charge in [-0.2, -0.15) is 5.26 Å². The molecule has 0 fully saturated rings. The maximum Gasteiger partial charge on any atom is 0.255 e. The zero-order chi connectivity index (χ0) is 14.7. The van der Waals surface area contributed by atoms with Crippen LogP contribution >= 0.6 is 27.5 Å². The summed E-state index contributed by atoms with van der Waals surface area (Å²) in [5.41, 5.74) is 0.698. The number of anilines is 1. The van der Waals surface area contributed by atoms with Crippen molar-refractivity contribution in [2.45, 2.75) is 0 Å². The van der Waals surface area contributed by atoms with Gasteiger partial charge in [-0.25, -0.2) is 4.39 Å². The lowest BCUT2D eigenvalue weighted by Gasteiger charge is -2.08. The Morgan fingerprint density at radius 2 is 2.05 bits per heavy atom. The highest BCUT2D eigenvalue weighted by molar-refractivity contribution is 9.10. The Bertz CT molecular complexity index is 707. The lowest BCUT2D eigenvalue weighted by Crippen LogP contribution is -2.13. The Kier molecular flexibility index (Phi) is 4.38. The molecule has 1 N–H and O–H groups in total. The van der Waals surface area contributed by atoms with Crippen molar-refractivity contribution in [2.75, 3.05) is 5.32 Å². The number of nitrogens with one attached hydrogen (secondary N) is 1. The Hall–Kier alpha value is -1.90. The van der Waals surface area contributed by atoms with Gasteiger partial charge in [0.25, 0.3) is 5.91 Å². The Morgan fingerprint density at radius 3 is 2.70 bits per heavy atom. The first-order valence-electron chi connectivity index (χ1n) is 5.46. The molecule has 1 amide bonds. The van der Waals surface area contributed by atoms with E-state index in [0.29, 0.717) is 9.50 Å². The number of halogens is 3. The van der Waals surface area contributed by atoms with Crippen LogP contribution in [0.5, 0.6) is 0 Å². The highest BCUT2D eigenvalue weighted by Gasteiger charge is 2.11. The number of rotatable bonds is 2. The molecule has 0 aromatic heterocycles. The third kappa shape index (κ3) is 3.35. The van der Waals surface area contributed by atoms with Crippen LogP contribution in [-0.4, -0.2) is 5.91 Å². The monoisotopic (exact) mass is 352 g/mol. The van der Waals surface area contributed by atoms with Crippen LogP contribution in [0.3, 0.4) is 0 Å². The maximum absolute atomic E-state index is 13.3. The van der Waals surface area contributed by atoms with Crippen molar-refractivity contribution in [3.63, 3.8) is 0 Å². The summed E-state index contributed by atoms with van der Waals surface area (Å²) in [6, 6.07) is 10.3. The smallest absolute Gasteiger partial charge is 0.255 e. The number of carbonyl (C=O) groups is 1. The van der Waals surface area contributed by atoms with Gasteiger partial charge in [-0.3, -0.25) is 4.79 Å². The minimum absolute atomic E-state index is 0.140. The predicted molar refractivity (Wildman–Crippen MR) is 78.2 cm³/mol. The zero-order valence-corrected chi connectivity index (χ0v) is 12.3. The summed E-state index contributed by atoms with van der Waals surface area (Å²) in [5.74, 6) is -1.06. The Labute approximate surface area is 128 Å². The Balaban J connectivity index is 2.32. The van der Waals surface area contributed by atoms with E-state index in [2.05, 4.69) is 21.2 Å². The van der Waals surface area contributed by atoms with Crippen molar-refractivity contribution in [3.05, 3.63) is 62.8 Å². The second kappa shape index (κ2) is 6.04. The number of benzene rings is 2. The first-order chi connectivity index (χ1) is 9.49. The standard InChI is InChI=1S/C14H7BrClFN2O/c15-10-3-9(4-12(17)5-10)14(20)19-13-6-11(16)2-1-8(13)7-18/h1-6H,(H,19,20). The van der Waals surface area contributed by atoms with E-state index in [0.717, 1.165) is 6.07 Å². The summed E-state index contributed by atoms with van der Waals surface area (Å²) in [5, 5.41) is 11.9. The predicted octanol–water partition coefficient (Wildman–Crippen LogP) is 4.37. The van der Waals surface area contributed by atoms with E-state index in [1.165, 1.54) is 24.3 Å². The molecule has 2 aromatic carbocycles. The van der Waals surface area contributed by atoms with Crippen molar-refractivity contribution in [1.29, 1.82) is 5.26 Å². The molecule has 0 aliphatic heterocycles. The number of hydrogen-bond donors (Lipinski definition) is 1. The third-order valence-electron chi connectivity index (χ3n) is 2.48. The first kappa shape index (κ1) is 14.5. The molecular weight excluding hydrogens is 347 g/mol. The summed E-state index contributed by atoms with van der Waals surface area (Å²) in [6.45, 7) is 0. The average Bonchev–Trinajstić information content (AvgIpc) is 2.37. The van der Waals surface area contributed by atoms with E-state index in [1.54, 1.807) is 6.07 Å². The SMILES string of the molecule is N#Cc1ccc(Cl)cc1NC(=O)c1cc(F)cc(Br)c1. The molecule has 0 atom stereocenters. The fourth-order valence-electron chi connectivity index (χ4n) is 1.60. The molecule has 0 spiro atoms. The van der Waals surface area contributed by atoms with Crippen molar-refractivity contribution < 1.29 is 9.18 Å². The highest BCUT2D eigenvalue weighted by atomic mass is 79.9. The minimum Gasteiger partial charge on any atom is -0.321 e. The van der Waals surface area contributed by atoms with Gasteiger partial charge in [0.2, 0.25) is 0 Å². The zero-order valence-electron chi connectivity index (χ0n) is 9.95. The molecule has 0 bridgehead atoms. The summed E-state index contributed by atoms with van der Waals surface area (Å²) in [7, 11) is 0. The summed E-state index contributed by atoms with van der Waals surface area (Å²) in [4.78, 5) is 12.0. The summed E-state index contributed by atoms with van der Waals surface area (Å²) >= 11 is 8.94. The van der Waals surface area contributed by atoms with Crippen LogP contribution in [0.25, 0.3) is 0 Å². The molecule has 0 saturated heterocycles. The second-order valence-corrected chi connectivity index (χ2v) is 5.27. The van der Waals surface area contributed by atoms with Crippen LogP contribution in [0, 0.1) is 17.1 Å². The average molecular weight is 354 g/mol. The van der Waals surface area contributed by atoms with Gasteiger partial charge in [0, 0.05) is 15.1 Å². The number of amides is 1. The van der Waals surface area contributed by atoms with Crippen molar-refractivity contribution >= 4 is 39.1 Å². The molecule has 3 nitrogen and oxygen atoms in total. The van der Waals surface area contributed by atoms with Gasteiger partial charge in [-0.05, 0) is 36.4 Å². The van der Waals surface area contributed by atoms with Crippen molar-refractivity contribution in [1.82, 2.24) is 0 Å². The highest BCUT2D eigenvalue weighted by Crippen LogP contribution is 2.22. The number of carbonyl (C=O) groups excluding carboxylic acids is 1. The van der Waals surface area contributed by atoms with Gasteiger partial charge < -0.3 is 5.32 Å². The fraction of sp³-hybridized carbons (Fsp3) is 0. The molecule has 20 heavy (non-hydrogen) atoms. The van der Waals surface area contributed by atoms with E-state index >= 15 is 0 Å². The van der Waals surface area contributed by atoms with Gasteiger partial charge in [-0.15, -0.1) is 0 Å². The fourth-order valence-corrected chi connectivity index (χ4v) is 2.23. The normalized spacial score (nSPS) is 9.90. The van der Waals surface area contributed by atoms with Gasteiger partial charge in [0.1, 0.15) is 11.9 Å². The van der Waals surface area contributed by atoms with E-state index < -0.39 is 11.7 Å². The van der Waals surface area contributed by atoms with Crippen molar-refractivity contribution in [3.8, 4) is 6.07 Å². The number of nitrogens with zero attached hydrogens (tertiary/aromatic N) is 1. The molecule has 0 aliphatic rings. The summed E-state index contributed by atoms with van der Waals surface area (Å²) in [6.07, 6.45) is 0. The lowest BCUT2D eigenvalue weighted by atomic mass is 10.1. The lowest BCUT2D eigenvalue weighted by molar-refractivity contribution is 0.102. The van der Waals surface area contributed by atoms with E-state index in [1.807, 2.05) is 6.07 Å². The molecule has 0 radical (unpaired) electrons.